The number of nitrogens with two attached hydrogens (primary N) is 1. The molecule has 0 aliphatic rings. The second-order valence-electron chi connectivity index (χ2n) is 9.39. The normalized spacial score (nSPS) is 11.5. The lowest BCUT2D eigenvalue weighted by Crippen LogP contribution is -2.50. The minimum absolute atomic E-state index is 0.140. The van der Waals surface area contributed by atoms with Gasteiger partial charge in [0, 0.05) is 30.6 Å². The van der Waals surface area contributed by atoms with Crippen molar-refractivity contribution in [2.24, 2.45) is 0 Å². The summed E-state index contributed by atoms with van der Waals surface area (Å²) in [6, 6.07) is 7.92. The molecule has 11 nitrogen and oxygen atoms in total. The number of rotatable bonds is 13. The van der Waals surface area contributed by atoms with E-state index in [4.69, 9.17) is 15.9 Å². The molecule has 212 valence electrons. The molecular formula is C28H35N7O4S. The van der Waals surface area contributed by atoms with Crippen LogP contribution in [0.25, 0.3) is 0 Å². The Hall–Kier alpha value is -4.32. The Labute approximate surface area is 237 Å². The van der Waals surface area contributed by atoms with E-state index in [9.17, 15) is 14.4 Å². The van der Waals surface area contributed by atoms with Crippen molar-refractivity contribution in [2.75, 3.05) is 24.1 Å². The lowest BCUT2D eigenvalue weighted by Gasteiger charge is -2.20. The number of aromatic nitrogens is 2. The summed E-state index contributed by atoms with van der Waals surface area (Å²) in [5.41, 5.74) is 9.37. The van der Waals surface area contributed by atoms with Gasteiger partial charge in [-0.3, -0.25) is 9.59 Å². The molecule has 0 bridgehead atoms. The van der Waals surface area contributed by atoms with Crippen LogP contribution in [0.3, 0.4) is 0 Å². The highest BCUT2D eigenvalue weighted by molar-refractivity contribution is 7.12. The van der Waals surface area contributed by atoms with Gasteiger partial charge in [0.05, 0.1) is 27.9 Å². The predicted octanol–water partition coefficient (Wildman–Crippen LogP) is 3.26. The van der Waals surface area contributed by atoms with Crippen molar-refractivity contribution in [2.45, 2.75) is 52.7 Å². The van der Waals surface area contributed by atoms with Crippen molar-refractivity contribution in [1.29, 1.82) is 5.41 Å². The van der Waals surface area contributed by atoms with Crippen LogP contribution in [0.1, 0.15) is 62.8 Å². The van der Waals surface area contributed by atoms with Crippen LogP contribution >= 0.6 is 11.3 Å². The molecule has 3 aromatic rings. The van der Waals surface area contributed by atoms with Crippen LogP contribution in [-0.2, 0) is 16.0 Å². The van der Waals surface area contributed by atoms with Gasteiger partial charge in [0.25, 0.3) is 11.8 Å². The first-order valence-corrected chi connectivity index (χ1v) is 13.8. The van der Waals surface area contributed by atoms with Crippen molar-refractivity contribution in [3.8, 4) is 0 Å². The Bertz CT molecular complexity index is 1340. The van der Waals surface area contributed by atoms with Crippen LogP contribution in [0, 0.1) is 19.3 Å². The zero-order valence-electron chi connectivity index (χ0n) is 23.0. The number of amides is 2. The third-order valence-electron chi connectivity index (χ3n) is 5.93. The molecule has 0 saturated heterocycles. The number of esters is 1. The predicted molar refractivity (Wildman–Crippen MR) is 156 cm³/mol. The molecule has 0 radical (unpaired) electrons. The molecule has 2 aromatic heterocycles. The quantitative estimate of drug-likeness (QED) is 0.0909. The molecule has 1 unspecified atom stereocenters. The average molecular weight is 566 g/mol. The third kappa shape index (κ3) is 8.09. The Balaban J connectivity index is 1.64. The van der Waals surface area contributed by atoms with Gasteiger partial charge in [-0.1, -0.05) is 18.2 Å². The molecule has 6 N–H and O–H groups in total. The largest absolute Gasteiger partial charge is 0.461 e. The first kappa shape index (κ1) is 30.2. The Kier molecular flexibility index (Phi) is 10.7. The van der Waals surface area contributed by atoms with Crippen LogP contribution in [-0.4, -0.2) is 59.2 Å². The van der Waals surface area contributed by atoms with Gasteiger partial charge in [0.2, 0.25) is 5.95 Å². The zero-order chi connectivity index (χ0) is 29.2. The molecule has 1 aromatic carbocycles. The SMILES string of the molecule is Cc1nc(NCCCc2cccc(N)c2C=N)nc(C)c1C(=O)NC(CNC(=O)c1cccs1)C(=O)OC(C)C. The molecule has 0 spiro atoms. The molecule has 0 aliphatic heterocycles. The van der Waals surface area contributed by atoms with E-state index in [1.807, 2.05) is 12.1 Å². The van der Waals surface area contributed by atoms with Crippen molar-refractivity contribution in [3.63, 3.8) is 0 Å². The number of ether oxygens (including phenoxy) is 1. The summed E-state index contributed by atoms with van der Waals surface area (Å²) in [5, 5.41) is 17.9. The first-order valence-electron chi connectivity index (χ1n) is 12.9. The lowest BCUT2D eigenvalue weighted by atomic mass is 10.0. The van der Waals surface area contributed by atoms with Gasteiger partial charge < -0.3 is 31.8 Å². The fraction of sp³-hybridized carbons (Fsp3) is 0.357. The molecule has 40 heavy (non-hydrogen) atoms. The molecule has 0 fully saturated rings. The van der Waals surface area contributed by atoms with Crippen molar-refractivity contribution >= 4 is 47.0 Å². The fourth-order valence-corrected chi connectivity index (χ4v) is 4.70. The maximum Gasteiger partial charge on any atom is 0.330 e. The van der Waals surface area contributed by atoms with Crippen molar-refractivity contribution < 1.29 is 19.1 Å². The number of benzene rings is 1. The second kappa shape index (κ2) is 14.2. The molecular weight excluding hydrogens is 530 g/mol. The highest BCUT2D eigenvalue weighted by Crippen LogP contribution is 2.17. The van der Waals surface area contributed by atoms with Gasteiger partial charge in [-0.25, -0.2) is 14.8 Å². The summed E-state index contributed by atoms with van der Waals surface area (Å²) in [6.45, 7) is 7.23. The number of carbonyl (C=O) groups is 3. The third-order valence-corrected chi connectivity index (χ3v) is 6.80. The van der Waals surface area contributed by atoms with E-state index in [1.165, 1.54) is 17.6 Å². The van der Waals surface area contributed by atoms with Gasteiger partial charge in [-0.2, -0.15) is 0 Å². The fourth-order valence-electron chi connectivity index (χ4n) is 4.06. The highest BCUT2D eigenvalue weighted by atomic mass is 32.1. The van der Waals surface area contributed by atoms with E-state index >= 15 is 0 Å². The van der Waals surface area contributed by atoms with Crippen molar-refractivity contribution in [3.05, 3.63) is 68.7 Å². The van der Waals surface area contributed by atoms with Crippen molar-refractivity contribution in [1.82, 2.24) is 20.6 Å². The van der Waals surface area contributed by atoms with Crippen LogP contribution in [0.4, 0.5) is 11.6 Å². The molecule has 12 heteroatoms. The number of nitrogens with one attached hydrogen (secondary N) is 4. The number of hydrogen-bond donors (Lipinski definition) is 5. The minimum Gasteiger partial charge on any atom is -0.461 e. The Morgan fingerprint density at radius 1 is 1.10 bits per heavy atom. The second-order valence-corrected chi connectivity index (χ2v) is 10.3. The number of thiophene rings is 1. The first-order chi connectivity index (χ1) is 19.1. The summed E-state index contributed by atoms with van der Waals surface area (Å²) in [6.07, 6.45) is 2.35. The van der Waals surface area contributed by atoms with Gasteiger partial charge in [-0.15, -0.1) is 11.3 Å². The average Bonchev–Trinajstić information content (AvgIpc) is 3.43. The summed E-state index contributed by atoms with van der Waals surface area (Å²) in [7, 11) is 0. The van der Waals surface area contributed by atoms with Gasteiger partial charge in [-0.05, 0) is 63.6 Å². The smallest absolute Gasteiger partial charge is 0.330 e. The number of anilines is 2. The maximum atomic E-state index is 13.2. The monoisotopic (exact) mass is 565 g/mol. The molecule has 1 atom stereocenters. The van der Waals surface area contributed by atoms with Crippen LogP contribution in [0.5, 0.6) is 0 Å². The summed E-state index contributed by atoms with van der Waals surface area (Å²) < 4.78 is 5.30. The molecule has 0 saturated carbocycles. The topological polar surface area (TPSA) is 172 Å². The van der Waals surface area contributed by atoms with E-state index < -0.39 is 24.0 Å². The van der Waals surface area contributed by atoms with E-state index in [2.05, 4.69) is 25.9 Å². The van der Waals surface area contributed by atoms with Gasteiger partial charge in [0.15, 0.2) is 0 Å². The van der Waals surface area contributed by atoms with Crippen LogP contribution in [0.15, 0.2) is 35.7 Å². The number of hydrogen-bond acceptors (Lipinski definition) is 10. The number of aryl methyl sites for hydroxylation is 3. The van der Waals surface area contributed by atoms with Crippen LogP contribution in [0.2, 0.25) is 0 Å². The molecule has 0 aliphatic carbocycles. The van der Waals surface area contributed by atoms with E-state index in [0.717, 1.165) is 24.0 Å². The lowest BCUT2D eigenvalue weighted by molar-refractivity contribution is -0.149. The standard InChI is InChI=1S/C28H35N7O4S/c1-16(2)39-27(38)22(15-32-25(36)23-11-7-13-40-23)35-26(37)24-17(3)33-28(34-18(24)4)31-12-6-9-19-8-5-10-21(30)20(19)14-29/h5,7-8,10-11,13-14,16,22,29H,6,9,12,15,30H2,1-4H3,(H,32,36)(H,35,37)(H,31,33,34). The summed E-state index contributed by atoms with van der Waals surface area (Å²) in [4.78, 5) is 47.7. The Morgan fingerprint density at radius 3 is 2.45 bits per heavy atom. The molecule has 2 heterocycles. The molecule has 2 amide bonds. The maximum absolute atomic E-state index is 13.2. The van der Waals surface area contributed by atoms with Crippen LogP contribution < -0.4 is 21.7 Å². The molecule has 3 rings (SSSR count). The minimum atomic E-state index is -1.10. The van der Waals surface area contributed by atoms with E-state index in [1.54, 1.807) is 51.3 Å². The summed E-state index contributed by atoms with van der Waals surface area (Å²) in [5.74, 6) is -1.16. The number of carbonyl (C=O) groups excluding carboxylic acids is 3. The number of nitrogen functional groups attached to an aromatic ring is 1. The van der Waals surface area contributed by atoms with E-state index in [0.29, 0.717) is 34.4 Å². The van der Waals surface area contributed by atoms with Gasteiger partial charge >= 0.3 is 5.97 Å². The Morgan fingerprint density at radius 2 is 1.82 bits per heavy atom. The van der Waals surface area contributed by atoms with Gasteiger partial charge in [0.1, 0.15) is 6.04 Å². The summed E-state index contributed by atoms with van der Waals surface area (Å²) >= 11 is 1.27. The zero-order valence-corrected chi connectivity index (χ0v) is 23.9. The number of nitrogens with zero attached hydrogens (tertiary/aromatic N) is 2. The van der Waals surface area contributed by atoms with E-state index in [-0.39, 0.29) is 18.0 Å². The highest BCUT2D eigenvalue weighted by Gasteiger charge is 2.27.